The van der Waals surface area contributed by atoms with Crippen molar-refractivity contribution in [3.05, 3.63) is 34.9 Å². The van der Waals surface area contributed by atoms with Gasteiger partial charge in [0.25, 0.3) is 0 Å². The smallest absolute Gasteiger partial charge is 0.224 e. The highest BCUT2D eigenvalue weighted by molar-refractivity contribution is 6.31. The summed E-state index contributed by atoms with van der Waals surface area (Å²) in [5.74, 6) is -0.135. The van der Waals surface area contributed by atoms with E-state index < -0.39 is 6.10 Å². The van der Waals surface area contributed by atoms with Crippen molar-refractivity contribution in [2.24, 2.45) is 0 Å². The molecule has 0 bridgehead atoms. The zero-order valence-electron chi connectivity index (χ0n) is 8.53. The monoisotopic (exact) mass is 227 g/mol. The molecule has 0 spiro atoms. The predicted octanol–water partition coefficient (Wildman–Crippen LogP) is 1.38. The van der Waals surface area contributed by atoms with E-state index in [0.717, 1.165) is 5.56 Å². The number of carbonyl (C=O) groups is 1. The Morgan fingerprint density at radius 2 is 2.20 bits per heavy atom. The van der Waals surface area contributed by atoms with Crippen LogP contribution in [0.1, 0.15) is 12.5 Å². The van der Waals surface area contributed by atoms with Crippen LogP contribution in [0.2, 0.25) is 5.02 Å². The maximum absolute atomic E-state index is 11.4. The first-order valence-corrected chi connectivity index (χ1v) is 5.15. The standard InChI is InChI=1S/C11H14ClNO2/c1-8(14)7-13-11(15)6-9-4-2-3-5-10(9)12/h2-5,8,14H,6-7H2,1H3,(H,13,15). The molecule has 0 aliphatic rings. The van der Waals surface area contributed by atoms with Gasteiger partial charge in [0.1, 0.15) is 0 Å². The largest absolute Gasteiger partial charge is 0.392 e. The van der Waals surface area contributed by atoms with Gasteiger partial charge in [0.05, 0.1) is 12.5 Å². The van der Waals surface area contributed by atoms with E-state index in [4.69, 9.17) is 16.7 Å². The zero-order chi connectivity index (χ0) is 11.3. The fraction of sp³-hybridized carbons (Fsp3) is 0.364. The molecule has 1 atom stereocenters. The van der Waals surface area contributed by atoms with Crippen LogP contribution in [0.25, 0.3) is 0 Å². The normalized spacial score (nSPS) is 12.2. The third kappa shape index (κ3) is 4.32. The Balaban J connectivity index is 2.48. The molecule has 1 unspecified atom stereocenters. The number of aliphatic hydroxyl groups is 1. The summed E-state index contributed by atoms with van der Waals surface area (Å²) in [6.07, 6.45) is -0.285. The van der Waals surface area contributed by atoms with Crippen molar-refractivity contribution in [2.75, 3.05) is 6.54 Å². The average molecular weight is 228 g/mol. The summed E-state index contributed by atoms with van der Waals surface area (Å²) in [6.45, 7) is 1.89. The molecule has 0 aliphatic heterocycles. The first-order valence-electron chi connectivity index (χ1n) is 4.77. The Bertz CT molecular complexity index is 339. The van der Waals surface area contributed by atoms with Crippen LogP contribution in [0.15, 0.2) is 24.3 Å². The number of hydrogen-bond donors (Lipinski definition) is 2. The Kier molecular flexibility index (Phi) is 4.59. The lowest BCUT2D eigenvalue weighted by molar-refractivity contribution is -0.120. The van der Waals surface area contributed by atoms with Gasteiger partial charge >= 0.3 is 0 Å². The molecule has 0 saturated carbocycles. The van der Waals surface area contributed by atoms with E-state index in [1.54, 1.807) is 13.0 Å². The van der Waals surface area contributed by atoms with Crippen molar-refractivity contribution in [3.8, 4) is 0 Å². The second kappa shape index (κ2) is 5.73. The summed E-state index contributed by atoms with van der Waals surface area (Å²) in [5.41, 5.74) is 0.794. The van der Waals surface area contributed by atoms with Crippen LogP contribution in [0.4, 0.5) is 0 Å². The van der Waals surface area contributed by atoms with E-state index in [2.05, 4.69) is 5.32 Å². The third-order valence-electron chi connectivity index (χ3n) is 1.90. The number of benzene rings is 1. The molecule has 1 aromatic rings. The van der Waals surface area contributed by atoms with E-state index in [0.29, 0.717) is 5.02 Å². The molecule has 4 heteroatoms. The summed E-state index contributed by atoms with van der Waals surface area (Å²) in [4.78, 5) is 11.4. The summed E-state index contributed by atoms with van der Waals surface area (Å²) in [6, 6.07) is 7.21. The van der Waals surface area contributed by atoms with E-state index in [1.165, 1.54) is 0 Å². The molecule has 0 heterocycles. The fourth-order valence-corrected chi connectivity index (χ4v) is 1.34. The first kappa shape index (κ1) is 12.0. The molecule has 0 fully saturated rings. The second-order valence-electron chi connectivity index (χ2n) is 3.42. The summed E-state index contributed by atoms with van der Waals surface area (Å²) >= 11 is 5.90. The van der Waals surface area contributed by atoms with E-state index in [9.17, 15) is 4.79 Å². The zero-order valence-corrected chi connectivity index (χ0v) is 9.29. The molecule has 0 saturated heterocycles. The quantitative estimate of drug-likeness (QED) is 0.817. The maximum atomic E-state index is 11.4. The number of halogens is 1. The molecule has 2 N–H and O–H groups in total. The Morgan fingerprint density at radius 3 is 2.80 bits per heavy atom. The fourth-order valence-electron chi connectivity index (χ4n) is 1.14. The van der Waals surface area contributed by atoms with Gasteiger partial charge in [-0.15, -0.1) is 0 Å². The van der Waals surface area contributed by atoms with E-state index in [1.807, 2.05) is 18.2 Å². The summed E-state index contributed by atoms with van der Waals surface area (Å²) in [7, 11) is 0. The molecule has 15 heavy (non-hydrogen) atoms. The highest BCUT2D eigenvalue weighted by Gasteiger charge is 2.06. The number of carbonyl (C=O) groups excluding carboxylic acids is 1. The van der Waals surface area contributed by atoms with Crippen molar-refractivity contribution in [1.29, 1.82) is 0 Å². The van der Waals surface area contributed by atoms with Crippen molar-refractivity contribution in [3.63, 3.8) is 0 Å². The maximum Gasteiger partial charge on any atom is 0.224 e. The number of amides is 1. The molecule has 0 aromatic heterocycles. The highest BCUT2D eigenvalue weighted by Crippen LogP contribution is 2.14. The van der Waals surface area contributed by atoms with Gasteiger partial charge in [-0.1, -0.05) is 29.8 Å². The van der Waals surface area contributed by atoms with Crippen LogP contribution in [0.5, 0.6) is 0 Å². The van der Waals surface area contributed by atoms with Crippen molar-refractivity contribution in [1.82, 2.24) is 5.32 Å². The van der Waals surface area contributed by atoms with Crippen molar-refractivity contribution in [2.45, 2.75) is 19.4 Å². The predicted molar refractivity (Wildman–Crippen MR) is 59.8 cm³/mol. The van der Waals surface area contributed by atoms with Crippen LogP contribution in [-0.2, 0) is 11.2 Å². The second-order valence-corrected chi connectivity index (χ2v) is 3.83. The Morgan fingerprint density at radius 1 is 1.53 bits per heavy atom. The number of nitrogens with one attached hydrogen (secondary N) is 1. The van der Waals surface area contributed by atoms with Gasteiger partial charge in [-0.3, -0.25) is 4.79 Å². The van der Waals surface area contributed by atoms with Crippen LogP contribution < -0.4 is 5.32 Å². The third-order valence-corrected chi connectivity index (χ3v) is 2.27. The number of aliphatic hydroxyl groups excluding tert-OH is 1. The topological polar surface area (TPSA) is 49.3 Å². The summed E-state index contributed by atoms with van der Waals surface area (Å²) < 4.78 is 0. The van der Waals surface area contributed by atoms with Crippen LogP contribution in [0, 0.1) is 0 Å². The van der Waals surface area contributed by atoms with Crippen molar-refractivity contribution >= 4 is 17.5 Å². The molecular formula is C11H14ClNO2. The van der Waals surface area contributed by atoms with Crippen LogP contribution in [0.3, 0.4) is 0 Å². The minimum Gasteiger partial charge on any atom is -0.392 e. The number of hydrogen-bond acceptors (Lipinski definition) is 2. The van der Waals surface area contributed by atoms with Gasteiger partial charge < -0.3 is 10.4 Å². The average Bonchev–Trinajstić information content (AvgIpc) is 2.18. The Hall–Kier alpha value is -1.06. The SMILES string of the molecule is CC(O)CNC(=O)Cc1ccccc1Cl. The van der Waals surface area contributed by atoms with Crippen LogP contribution >= 0.6 is 11.6 Å². The van der Waals surface area contributed by atoms with Gasteiger partial charge in [-0.25, -0.2) is 0 Å². The molecule has 82 valence electrons. The lowest BCUT2D eigenvalue weighted by atomic mass is 10.1. The molecule has 1 aromatic carbocycles. The molecule has 0 radical (unpaired) electrons. The van der Waals surface area contributed by atoms with E-state index >= 15 is 0 Å². The highest BCUT2D eigenvalue weighted by atomic mass is 35.5. The summed E-state index contributed by atoms with van der Waals surface area (Å²) in [5, 5.41) is 12.2. The lowest BCUT2D eigenvalue weighted by Gasteiger charge is -2.07. The lowest BCUT2D eigenvalue weighted by Crippen LogP contribution is -2.31. The van der Waals surface area contributed by atoms with Gasteiger partial charge in [0.2, 0.25) is 5.91 Å². The molecule has 3 nitrogen and oxygen atoms in total. The minimum absolute atomic E-state index is 0.135. The molecule has 1 rings (SSSR count). The van der Waals surface area contributed by atoms with Gasteiger partial charge in [0.15, 0.2) is 0 Å². The minimum atomic E-state index is -0.528. The molecule has 1 amide bonds. The first-order chi connectivity index (χ1) is 7.09. The van der Waals surface area contributed by atoms with Crippen molar-refractivity contribution < 1.29 is 9.90 Å². The number of rotatable bonds is 4. The van der Waals surface area contributed by atoms with Crippen LogP contribution in [-0.4, -0.2) is 23.7 Å². The van der Waals surface area contributed by atoms with Gasteiger partial charge in [0, 0.05) is 11.6 Å². The van der Waals surface area contributed by atoms with E-state index in [-0.39, 0.29) is 18.9 Å². The Labute approximate surface area is 94.1 Å². The van der Waals surface area contributed by atoms with Gasteiger partial charge in [-0.05, 0) is 18.6 Å². The van der Waals surface area contributed by atoms with Gasteiger partial charge in [-0.2, -0.15) is 0 Å². The molecular weight excluding hydrogens is 214 g/mol. The molecule has 0 aliphatic carbocycles.